The molecule has 9 atom stereocenters. The van der Waals surface area contributed by atoms with E-state index in [1.807, 2.05) is 0 Å². The zero-order valence-corrected chi connectivity index (χ0v) is 22.6. The van der Waals surface area contributed by atoms with Crippen molar-refractivity contribution in [2.45, 2.75) is 112 Å². The highest BCUT2D eigenvalue weighted by molar-refractivity contribution is 5.86. The maximum Gasteiger partial charge on any atom is 0.333 e. The number of hydrogen-bond donors (Lipinski definition) is 3. The molecule has 194 valence electrons. The largest absolute Gasteiger partial charge is 0.478 e. The standard InChI is InChI=1S/C30H50O4/c1-19(8-7-9-20(18-31)26(33)34)21-12-16-30(6)23-10-11-24-27(2,3)25(32)14-15-28(24,4)22(23)13-17-29(21,30)5/h9,19,21-25,31-32H,7-8,10-18H2,1-6H3,(H,33,34)/b20-9+/t19-,21-,22+,23-,24-,25-,28+,29+,30+/m0/s1. The molecule has 0 bridgehead atoms. The third-order valence-electron chi connectivity index (χ3n) is 12.6. The molecule has 0 aromatic carbocycles. The summed E-state index contributed by atoms with van der Waals surface area (Å²) in [5.41, 5.74) is 1.21. The van der Waals surface area contributed by atoms with Crippen molar-refractivity contribution in [3.8, 4) is 0 Å². The van der Waals surface area contributed by atoms with Gasteiger partial charge in [-0.05, 0) is 115 Å². The minimum atomic E-state index is -1.00. The van der Waals surface area contributed by atoms with Gasteiger partial charge in [0.05, 0.1) is 18.3 Å². The van der Waals surface area contributed by atoms with Gasteiger partial charge >= 0.3 is 5.97 Å². The lowest BCUT2D eigenvalue weighted by molar-refractivity contribution is -0.200. The van der Waals surface area contributed by atoms with E-state index in [1.54, 1.807) is 6.08 Å². The van der Waals surface area contributed by atoms with Gasteiger partial charge in [0, 0.05) is 0 Å². The van der Waals surface area contributed by atoms with Crippen molar-refractivity contribution >= 4 is 5.97 Å². The monoisotopic (exact) mass is 474 g/mol. The zero-order chi connectivity index (χ0) is 25.1. The van der Waals surface area contributed by atoms with Gasteiger partial charge in [0.25, 0.3) is 0 Å². The van der Waals surface area contributed by atoms with Crippen molar-refractivity contribution in [3.05, 3.63) is 11.6 Å². The van der Waals surface area contributed by atoms with Crippen molar-refractivity contribution in [2.24, 2.45) is 51.2 Å². The molecule has 0 heterocycles. The van der Waals surface area contributed by atoms with Gasteiger partial charge in [0.1, 0.15) is 0 Å². The second-order valence-corrected chi connectivity index (χ2v) is 14.0. The Bertz CT molecular complexity index is 817. The lowest BCUT2D eigenvalue weighted by Crippen LogP contribution is -2.61. The molecule has 4 saturated carbocycles. The van der Waals surface area contributed by atoms with Crippen LogP contribution in [-0.2, 0) is 4.79 Å². The Morgan fingerprint density at radius 2 is 1.62 bits per heavy atom. The van der Waals surface area contributed by atoms with Crippen LogP contribution in [0.15, 0.2) is 11.6 Å². The Balaban J connectivity index is 1.53. The van der Waals surface area contributed by atoms with Crippen molar-refractivity contribution in [2.75, 3.05) is 6.61 Å². The van der Waals surface area contributed by atoms with Crippen molar-refractivity contribution in [1.29, 1.82) is 0 Å². The summed E-state index contributed by atoms with van der Waals surface area (Å²) in [6.45, 7) is 14.4. The van der Waals surface area contributed by atoms with E-state index in [4.69, 9.17) is 0 Å². The highest BCUT2D eigenvalue weighted by Crippen LogP contribution is 2.74. The summed E-state index contributed by atoms with van der Waals surface area (Å²) < 4.78 is 0. The first-order chi connectivity index (χ1) is 15.8. The van der Waals surface area contributed by atoms with E-state index in [1.165, 1.54) is 44.9 Å². The normalized spacial score (nSPS) is 46.8. The van der Waals surface area contributed by atoms with E-state index in [2.05, 4.69) is 41.5 Å². The molecule has 0 saturated heterocycles. The SMILES string of the molecule is C[C@@H](CC/C=C(\CO)C(=O)O)[C@@H]1CC[C@]2(C)[C@H]3CC[C@H]4C(C)(C)[C@@H](O)CC[C@]4(C)[C@@H]3CC[C@]12C. The molecule has 3 N–H and O–H groups in total. The van der Waals surface area contributed by atoms with Gasteiger partial charge in [-0.3, -0.25) is 0 Å². The number of aliphatic hydroxyl groups excluding tert-OH is 2. The Labute approximate surface area is 207 Å². The second kappa shape index (κ2) is 8.91. The van der Waals surface area contributed by atoms with Gasteiger partial charge in [-0.1, -0.05) is 47.6 Å². The summed E-state index contributed by atoms with van der Waals surface area (Å²) in [5.74, 6) is 2.42. The molecule has 4 fully saturated rings. The number of fused-ring (bicyclic) bond motifs is 5. The lowest BCUT2D eigenvalue weighted by atomic mass is 9.38. The van der Waals surface area contributed by atoms with Crippen molar-refractivity contribution in [1.82, 2.24) is 0 Å². The Hall–Kier alpha value is -0.870. The third kappa shape index (κ3) is 3.72. The summed E-state index contributed by atoms with van der Waals surface area (Å²) in [7, 11) is 0. The molecule has 0 aromatic heterocycles. The smallest absolute Gasteiger partial charge is 0.333 e. The minimum Gasteiger partial charge on any atom is -0.478 e. The van der Waals surface area contributed by atoms with E-state index in [0.29, 0.717) is 34.0 Å². The van der Waals surface area contributed by atoms with Crippen LogP contribution < -0.4 is 0 Å². The first-order valence-electron chi connectivity index (χ1n) is 14.0. The molecule has 0 spiro atoms. The van der Waals surface area contributed by atoms with Crippen LogP contribution in [-0.4, -0.2) is 34.0 Å². The molecule has 0 radical (unpaired) electrons. The van der Waals surface area contributed by atoms with Gasteiger partial charge in [-0.15, -0.1) is 0 Å². The van der Waals surface area contributed by atoms with Crippen LogP contribution in [0.1, 0.15) is 106 Å². The van der Waals surface area contributed by atoms with Gasteiger partial charge in [0.15, 0.2) is 0 Å². The van der Waals surface area contributed by atoms with Crippen LogP contribution in [0.4, 0.5) is 0 Å². The number of allylic oxidation sites excluding steroid dienone is 1. The number of carboxylic acids is 1. The highest BCUT2D eigenvalue weighted by atomic mass is 16.4. The number of rotatable bonds is 6. The average Bonchev–Trinajstić information content (AvgIpc) is 3.05. The number of carbonyl (C=O) groups is 1. The van der Waals surface area contributed by atoms with Gasteiger partial charge in [-0.2, -0.15) is 0 Å². The number of hydrogen-bond acceptors (Lipinski definition) is 3. The maximum absolute atomic E-state index is 11.2. The molecule has 0 aliphatic heterocycles. The molecule has 4 aliphatic rings. The first-order valence-corrected chi connectivity index (χ1v) is 14.0. The second-order valence-electron chi connectivity index (χ2n) is 14.0. The molecule has 0 unspecified atom stereocenters. The van der Waals surface area contributed by atoms with Crippen LogP contribution in [0, 0.1) is 51.2 Å². The quantitative estimate of drug-likeness (QED) is 0.386. The summed E-state index contributed by atoms with van der Waals surface area (Å²) in [6.07, 6.45) is 13.2. The van der Waals surface area contributed by atoms with E-state index >= 15 is 0 Å². The number of aliphatic carboxylic acids is 1. The van der Waals surface area contributed by atoms with Crippen molar-refractivity contribution < 1.29 is 20.1 Å². The summed E-state index contributed by atoms with van der Waals surface area (Å²) >= 11 is 0. The molecule has 4 aliphatic carbocycles. The molecular weight excluding hydrogens is 424 g/mol. The van der Waals surface area contributed by atoms with Gasteiger partial charge < -0.3 is 15.3 Å². The fourth-order valence-corrected chi connectivity index (χ4v) is 10.4. The van der Waals surface area contributed by atoms with Crippen LogP contribution in [0.3, 0.4) is 0 Å². The molecule has 4 nitrogen and oxygen atoms in total. The van der Waals surface area contributed by atoms with E-state index in [9.17, 15) is 20.1 Å². The highest BCUT2D eigenvalue weighted by Gasteiger charge is 2.67. The van der Waals surface area contributed by atoms with Crippen LogP contribution >= 0.6 is 0 Å². The number of carboxylic acid groups (broad SMARTS) is 1. The first kappa shape index (κ1) is 26.2. The Morgan fingerprint density at radius 1 is 0.941 bits per heavy atom. The zero-order valence-electron chi connectivity index (χ0n) is 22.6. The molecule has 34 heavy (non-hydrogen) atoms. The summed E-state index contributed by atoms with van der Waals surface area (Å²) in [5, 5.41) is 29.3. The Morgan fingerprint density at radius 3 is 2.26 bits per heavy atom. The van der Waals surface area contributed by atoms with E-state index in [0.717, 1.165) is 31.1 Å². The van der Waals surface area contributed by atoms with Gasteiger partial charge in [0.2, 0.25) is 0 Å². The van der Waals surface area contributed by atoms with Crippen LogP contribution in [0.25, 0.3) is 0 Å². The fourth-order valence-electron chi connectivity index (χ4n) is 10.4. The molecule has 0 aromatic rings. The number of aliphatic hydroxyl groups is 2. The van der Waals surface area contributed by atoms with E-state index in [-0.39, 0.29) is 23.7 Å². The van der Waals surface area contributed by atoms with Gasteiger partial charge in [-0.25, -0.2) is 4.79 Å². The molecule has 4 heteroatoms. The summed E-state index contributed by atoms with van der Waals surface area (Å²) in [6, 6.07) is 0. The van der Waals surface area contributed by atoms with Crippen LogP contribution in [0.2, 0.25) is 0 Å². The summed E-state index contributed by atoms with van der Waals surface area (Å²) in [4.78, 5) is 11.2. The van der Waals surface area contributed by atoms with E-state index < -0.39 is 5.97 Å². The van der Waals surface area contributed by atoms with Crippen LogP contribution in [0.5, 0.6) is 0 Å². The third-order valence-corrected chi connectivity index (χ3v) is 12.6. The minimum absolute atomic E-state index is 0.0171. The maximum atomic E-state index is 11.2. The lowest BCUT2D eigenvalue weighted by Gasteiger charge is -2.67. The topological polar surface area (TPSA) is 77.8 Å². The Kier molecular flexibility index (Phi) is 6.86. The predicted octanol–water partition coefficient (Wildman–Crippen LogP) is 6.45. The fraction of sp³-hybridized carbons (Fsp3) is 0.900. The average molecular weight is 475 g/mol. The molecule has 4 rings (SSSR count). The predicted molar refractivity (Wildman–Crippen MR) is 136 cm³/mol. The molecule has 0 amide bonds. The molecular formula is C30H50O4. The van der Waals surface area contributed by atoms with Crippen molar-refractivity contribution in [3.63, 3.8) is 0 Å².